The molecule has 1 aliphatic rings. The molecule has 2 aromatic rings. The maximum Gasteiger partial charge on any atom is 0.419 e. The Morgan fingerprint density at radius 2 is 2.00 bits per heavy atom. The first-order valence-electron chi connectivity index (χ1n) is 11.4. The molecule has 7 nitrogen and oxygen atoms in total. The van der Waals surface area contributed by atoms with Gasteiger partial charge in [-0.3, -0.25) is 9.59 Å². The minimum atomic E-state index is -4.85. The van der Waals surface area contributed by atoms with Gasteiger partial charge in [-0.05, 0) is 43.0 Å². The van der Waals surface area contributed by atoms with E-state index in [9.17, 15) is 27.2 Å². The quantitative estimate of drug-likeness (QED) is 0.421. The van der Waals surface area contributed by atoms with Gasteiger partial charge in [-0.15, -0.1) is 0 Å². The fourth-order valence-electron chi connectivity index (χ4n) is 4.79. The molecule has 0 saturated heterocycles. The highest BCUT2D eigenvalue weighted by molar-refractivity contribution is 7.79. The van der Waals surface area contributed by atoms with E-state index in [0.717, 1.165) is 23.6 Å². The summed E-state index contributed by atoms with van der Waals surface area (Å²) < 4.78 is 55.4. The molecule has 0 spiro atoms. The minimum Gasteiger partial charge on any atom is -0.355 e. The van der Waals surface area contributed by atoms with Crippen LogP contribution in [0.15, 0.2) is 30.5 Å². The Kier molecular flexibility index (Phi) is 8.17. The van der Waals surface area contributed by atoms with Crippen LogP contribution in [-0.2, 0) is 11.0 Å². The number of halogens is 4. The number of anilines is 2. The largest absolute Gasteiger partial charge is 0.419 e. The Morgan fingerprint density at radius 3 is 2.54 bits per heavy atom. The van der Waals surface area contributed by atoms with Gasteiger partial charge in [0.15, 0.2) is 5.69 Å². The lowest BCUT2D eigenvalue weighted by Gasteiger charge is -2.47. The van der Waals surface area contributed by atoms with Gasteiger partial charge in [0, 0.05) is 19.8 Å². The van der Waals surface area contributed by atoms with E-state index in [1.807, 2.05) is 6.92 Å². The average molecular weight is 536 g/mol. The van der Waals surface area contributed by atoms with E-state index >= 15 is 0 Å². The number of carbonyl (C=O) groups excluding carboxylic acids is 2. The highest BCUT2D eigenvalue weighted by Gasteiger charge is 2.48. The maximum atomic E-state index is 14.8. The van der Waals surface area contributed by atoms with Gasteiger partial charge in [-0.25, -0.2) is 9.37 Å². The number of nitrogens with one attached hydrogen (secondary N) is 1. The number of carbonyl (C=O) groups is 2. The molecule has 3 rings (SSSR count). The van der Waals surface area contributed by atoms with E-state index in [4.69, 9.17) is 17.5 Å². The van der Waals surface area contributed by atoms with E-state index in [1.165, 1.54) is 42.7 Å². The third-order valence-electron chi connectivity index (χ3n) is 6.62. The number of amides is 2. The van der Waals surface area contributed by atoms with Crippen molar-refractivity contribution in [3.8, 4) is 6.07 Å². The highest BCUT2D eigenvalue weighted by atomic mass is 32.1. The number of hydrogen-bond donors (Lipinski definition) is 1. The van der Waals surface area contributed by atoms with Gasteiger partial charge in [-0.1, -0.05) is 32.0 Å². The van der Waals surface area contributed by atoms with Crippen LogP contribution in [0.25, 0.3) is 0 Å². The maximum absolute atomic E-state index is 14.8. The highest BCUT2D eigenvalue weighted by Crippen LogP contribution is 2.42. The zero-order chi connectivity index (χ0) is 27.5. The summed E-state index contributed by atoms with van der Waals surface area (Å²) >= 11 is 5.25. The van der Waals surface area contributed by atoms with Crippen LogP contribution >= 0.6 is 12.2 Å². The molecule has 1 fully saturated rings. The molecular formula is C25H25F4N5O2S. The molecule has 196 valence electrons. The van der Waals surface area contributed by atoms with Crippen molar-refractivity contribution in [1.29, 1.82) is 5.26 Å². The number of benzene rings is 1. The predicted octanol–water partition coefficient (Wildman–Crippen LogP) is 4.85. The van der Waals surface area contributed by atoms with Crippen molar-refractivity contribution in [1.82, 2.24) is 10.3 Å². The number of pyridine rings is 1. The Balaban J connectivity index is 2.11. The lowest BCUT2D eigenvalue weighted by molar-refractivity contribution is -0.138. The smallest absolute Gasteiger partial charge is 0.355 e. The van der Waals surface area contributed by atoms with Crippen molar-refractivity contribution in [2.45, 2.75) is 44.3 Å². The molecule has 2 unspecified atom stereocenters. The second-order valence-corrected chi connectivity index (χ2v) is 9.23. The van der Waals surface area contributed by atoms with Crippen LogP contribution in [0, 0.1) is 23.1 Å². The monoisotopic (exact) mass is 535 g/mol. The standard InChI is InChI=1S/C25H25F4N5O2S/c1-15-5-4-8-24(11-15,34(14-37)16-6-7-18(20(26)10-16)22(35)31-2)23(36)33(3)17-9-19(25(27,28)29)21(12-30)32-13-17/h6-7,9-10,13-15H,4-5,8,11H2,1-3H3,(H,31,35). The van der Waals surface area contributed by atoms with Gasteiger partial charge < -0.3 is 15.1 Å². The molecule has 0 radical (unpaired) electrons. The van der Waals surface area contributed by atoms with Crippen LogP contribution < -0.4 is 15.1 Å². The van der Waals surface area contributed by atoms with Crippen molar-refractivity contribution in [3.05, 3.63) is 53.1 Å². The molecule has 2 atom stereocenters. The fourth-order valence-corrected chi connectivity index (χ4v) is 5.12. The topological polar surface area (TPSA) is 89.3 Å². The normalized spacial score (nSPS) is 19.5. The van der Waals surface area contributed by atoms with Crippen molar-refractivity contribution < 1.29 is 27.2 Å². The zero-order valence-corrected chi connectivity index (χ0v) is 21.2. The van der Waals surface area contributed by atoms with Crippen molar-refractivity contribution in [3.63, 3.8) is 0 Å². The minimum absolute atomic E-state index is 0.0587. The summed E-state index contributed by atoms with van der Waals surface area (Å²) in [6.07, 6.45) is -1.76. The summed E-state index contributed by atoms with van der Waals surface area (Å²) in [5.41, 5.74) is -2.28. The number of rotatable bonds is 6. The van der Waals surface area contributed by atoms with Gasteiger partial charge in [0.25, 0.3) is 11.8 Å². The molecule has 12 heteroatoms. The molecule has 1 saturated carbocycles. The molecule has 1 N–H and O–H groups in total. The van der Waals surface area contributed by atoms with E-state index in [-0.39, 0.29) is 22.9 Å². The van der Waals surface area contributed by atoms with Gasteiger partial charge in [0.2, 0.25) is 0 Å². The van der Waals surface area contributed by atoms with Crippen molar-refractivity contribution >= 4 is 40.9 Å². The first-order chi connectivity index (χ1) is 17.4. The second-order valence-electron chi connectivity index (χ2n) is 9.02. The van der Waals surface area contributed by atoms with Crippen molar-refractivity contribution in [2.75, 3.05) is 23.9 Å². The third-order valence-corrected chi connectivity index (χ3v) is 6.83. The number of nitrogens with zero attached hydrogens (tertiary/aromatic N) is 4. The molecule has 0 aliphatic heterocycles. The van der Waals surface area contributed by atoms with Gasteiger partial charge >= 0.3 is 6.18 Å². The Hall–Kier alpha value is -3.59. The van der Waals surface area contributed by atoms with Crippen LogP contribution in [-0.4, -0.2) is 41.9 Å². The number of likely N-dealkylation sites (N-methyl/N-ethyl adjacent to an activating group) is 1. The molecule has 0 bridgehead atoms. The number of alkyl halides is 3. The molecule has 1 aromatic heterocycles. The van der Waals surface area contributed by atoms with Gasteiger partial charge in [0.1, 0.15) is 17.4 Å². The molecule has 2 amide bonds. The Bertz CT molecular complexity index is 1260. The average Bonchev–Trinajstić information content (AvgIpc) is 2.87. The summed E-state index contributed by atoms with van der Waals surface area (Å²) in [5, 5.41) is 11.4. The Morgan fingerprint density at radius 1 is 1.30 bits per heavy atom. The van der Waals surface area contributed by atoms with Crippen LogP contribution in [0.1, 0.15) is 54.2 Å². The Labute approximate surface area is 217 Å². The summed E-state index contributed by atoms with van der Waals surface area (Å²) in [4.78, 5) is 32.1. The first kappa shape index (κ1) is 28.0. The van der Waals surface area contributed by atoms with Gasteiger partial charge in [0.05, 0.1) is 28.5 Å². The molecule has 1 aromatic carbocycles. The fraction of sp³-hybridized carbons (Fsp3) is 0.400. The summed E-state index contributed by atoms with van der Waals surface area (Å²) in [5.74, 6) is -1.94. The SMILES string of the molecule is CNC(=O)c1ccc(N(C=S)C2(C(=O)N(C)c3cnc(C#N)c(C(F)(F)F)c3)CCCC(C)C2)cc1F. The number of aromatic nitrogens is 1. The van der Waals surface area contributed by atoms with Crippen LogP contribution in [0.4, 0.5) is 28.9 Å². The molecule has 1 heterocycles. The lowest BCUT2D eigenvalue weighted by atomic mass is 9.74. The van der Waals surface area contributed by atoms with Crippen LogP contribution in [0.5, 0.6) is 0 Å². The van der Waals surface area contributed by atoms with E-state index < -0.39 is 40.6 Å². The lowest BCUT2D eigenvalue weighted by Crippen LogP contribution is -2.61. The summed E-state index contributed by atoms with van der Waals surface area (Å²) in [6, 6.07) is 5.98. The van der Waals surface area contributed by atoms with Crippen molar-refractivity contribution in [2.24, 2.45) is 5.92 Å². The third kappa shape index (κ3) is 5.41. The zero-order valence-electron chi connectivity index (χ0n) is 20.4. The second kappa shape index (κ2) is 10.8. The van der Waals surface area contributed by atoms with E-state index in [0.29, 0.717) is 25.3 Å². The first-order valence-corrected chi connectivity index (χ1v) is 11.9. The van der Waals surface area contributed by atoms with Crippen LogP contribution in [0.3, 0.4) is 0 Å². The van der Waals surface area contributed by atoms with Crippen LogP contribution in [0.2, 0.25) is 0 Å². The number of hydrogen-bond acceptors (Lipinski definition) is 5. The summed E-state index contributed by atoms with van der Waals surface area (Å²) in [6.45, 7) is 1.95. The summed E-state index contributed by atoms with van der Waals surface area (Å²) in [7, 11) is 2.69. The predicted molar refractivity (Wildman–Crippen MR) is 134 cm³/mol. The van der Waals surface area contributed by atoms with E-state index in [2.05, 4.69) is 10.3 Å². The van der Waals surface area contributed by atoms with E-state index in [1.54, 1.807) is 0 Å². The molecular weight excluding hydrogens is 510 g/mol. The number of nitriles is 1. The molecule has 1 aliphatic carbocycles. The number of thiocarbonyl (C=S) groups is 1. The molecule has 37 heavy (non-hydrogen) atoms. The van der Waals surface area contributed by atoms with Gasteiger partial charge in [-0.2, -0.15) is 18.4 Å².